The molecule has 0 radical (unpaired) electrons. The minimum Gasteiger partial charge on any atom is -0.493 e. The van der Waals surface area contributed by atoms with Crippen LogP contribution in [0.3, 0.4) is 0 Å². The van der Waals surface area contributed by atoms with Gasteiger partial charge >= 0.3 is 0 Å². The van der Waals surface area contributed by atoms with E-state index in [1.54, 1.807) is 38.6 Å². The standard InChI is InChI=1S/C16H18N2O3/c1-11-8-14(20-2)15(21-3)9-12(11)10-18-16(19)13-6-4-5-7-17-13/h4-9H,10H2,1-3H3,(H,18,19). The highest BCUT2D eigenvalue weighted by molar-refractivity contribution is 5.92. The molecule has 2 aromatic rings. The molecule has 1 amide bonds. The maximum absolute atomic E-state index is 12.0. The van der Waals surface area contributed by atoms with Crippen LogP contribution in [0.25, 0.3) is 0 Å². The van der Waals surface area contributed by atoms with Crippen LogP contribution in [0.1, 0.15) is 21.6 Å². The van der Waals surface area contributed by atoms with E-state index in [4.69, 9.17) is 9.47 Å². The molecular formula is C16H18N2O3. The van der Waals surface area contributed by atoms with Gasteiger partial charge in [0.2, 0.25) is 0 Å². The Balaban J connectivity index is 2.11. The molecule has 0 atom stereocenters. The summed E-state index contributed by atoms with van der Waals surface area (Å²) in [4.78, 5) is 16.0. The number of benzene rings is 1. The topological polar surface area (TPSA) is 60.5 Å². The van der Waals surface area contributed by atoms with Crippen LogP contribution in [0.4, 0.5) is 0 Å². The Morgan fingerprint density at radius 1 is 1.19 bits per heavy atom. The van der Waals surface area contributed by atoms with Gasteiger partial charge in [0.25, 0.3) is 5.91 Å². The number of hydrogen-bond donors (Lipinski definition) is 1. The third kappa shape index (κ3) is 3.51. The van der Waals surface area contributed by atoms with Crippen LogP contribution in [0, 0.1) is 6.92 Å². The summed E-state index contributed by atoms with van der Waals surface area (Å²) in [7, 11) is 3.18. The predicted octanol–water partition coefficient (Wildman–Crippen LogP) is 2.34. The second kappa shape index (κ2) is 6.74. The highest BCUT2D eigenvalue weighted by Gasteiger charge is 2.10. The van der Waals surface area contributed by atoms with Crippen molar-refractivity contribution in [2.75, 3.05) is 14.2 Å². The van der Waals surface area contributed by atoms with E-state index in [0.717, 1.165) is 11.1 Å². The molecule has 0 spiro atoms. The molecule has 5 nitrogen and oxygen atoms in total. The minimum atomic E-state index is -0.204. The number of carbonyl (C=O) groups excluding carboxylic acids is 1. The molecule has 0 saturated carbocycles. The lowest BCUT2D eigenvalue weighted by atomic mass is 10.1. The summed E-state index contributed by atoms with van der Waals surface area (Å²) in [5.41, 5.74) is 2.39. The van der Waals surface area contributed by atoms with Crippen LogP contribution in [-0.4, -0.2) is 25.1 Å². The number of carbonyl (C=O) groups is 1. The Morgan fingerprint density at radius 2 is 1.90 bits per heavy atom. The van der Waals surface area contributed by atoms with Crippen molar-refractivity contribution in [3.8, 4) is 11.5 Å². The summed E-state index contributed by atoms with van der Waals surface area (Å²) < 4.78 is 10.5. The van der Waals surface area contributed by atoms with Crippen LogP contribution in [-0.2, 0) is 6.54 Å². The zero-order valence-corrected chi connectivity index (χ0v) is 12.3. The van der Waals surface area contributed by atoms with Crippen molar-refractivity contribution in [1.29, 1.82) is 0 Å². The Morgan fingerprint density at radius 3 is 2.52 bits per heavy atom. The van der Waals surface area contributed by atoms with Crippen molar-refractivity contribution in [3.63, 3.8) is 0 Å². The third-order valence-electron chi connectivity index (χ3n) is 3.18. The van der Waals surface area contributed by atoms with E-state index in [1.165, 1.54) is 0 Å². The lowest BCUT2D eigenvalue weighted by molar-refractivity contribution is 0.0946. The number of rotatable bonds is 5. The van der Waals surface area contributed by atoms with Gasteiger partial charge in [-0.25, -0.2) is 0 Å². The fourth-order valence-electron chi connectivity index (χ4n) is 1.98. The molecule has 0 bridgehead atoms. The molecule has 110 valence electrons. The largest absolute Gasteiger partial charge is 0.493 e. The van der Waals surface area contributed by atoms with Crippen molar-refractivity contribution in [3.05, 3.63) is 53.3 Å². The Labute approximate surface area is 123 Å². The Kier molecular flexibility index (Phi) is 4.77. The molecule has 1 aromatic heterocycles. The van der Waals surface area contributed by atoms with Gasteiger partial charge in [0.05, 0.1) is 14.2 Å². The van der Waals surface area contributed by atoms with Crippen molar-refractivity contribution >= 4 is 5.91 Å². The van der Waals surface area contributed by atoms with Crippen molar-refractivity contribution in [1.82, 2.24) is 10.3 Å². The summed E-state index contributed by atoms with van der Waals surface area (Å²) in [6.07, 6.45) is 1.59. The molecular weight excluding hydrogens is 268 g/mol. The monoisotopic (exact) mass is 286 g/mol. The molecule has 2 rings (SSSR count). The fraction of sp³-hybridized carbons (Fsp3) is 0.250. The van der Waals surface area contributed by atoms with E-state index in [9.17, 15) is 4.79 Å². The molecule has 0 unspecified atom stereocenters. The third-order valence-corrected chi connectivity index (χ3v) is 3.18. The smallest absolute Gasteiger partial charge is 0.270 e. The zero-order chi connectivity index (χ0) is 15.2. The molecule has 1 heterocycles. The van der Waals surface area contributed by atoms with Crippen LogP contribution < -0.4 is 14.8 Å². The van der Waals surface area contributed by atoms with E-state index in [2.05, 4.69) is 10.3 Å². The summed E-state index contributed by atoms with van der Waals surface area (Å²) >= 11 is 0. The summed E-state index contributed by atoms with van der Waals surface area (Å²) in [6.45, 7) is 2.37. The van der Waals surface area contributed by atoms with E-state index >= 15 is 0 Å². The highest BCUT2D eigenvalue weighted by Crippen LogP contribution is 2.30. The number of aryl methyl sites for hydroxylation is 1. The lowest BCUT2D eigenvalue weighted by Gasteiger charge is -2.13. The molecule has 1 aromatic carbocycles. The minimum absolute atomic E-state index is 0.204. The normalized spacial score (nSPS) is 10.0. The van der Waals surface area contributed by atoms with E-state index < -0.39 is 0 Å². The van der Waals surface area contributed by atoms with Gasteiger partial charge in [0.15, 0.2) is 11.5 Å². The number of methoxy groups -OCH3 is 2. The lowest BCUT2D eigenvalue weighted by Crippen LogP contribution is -2.24. The Hall–Kier alpha value is -2.56. The van der Waals surface area contributed by atoms with E-state index in [-0.39, 0.29) is 5.91 Å². The number of hydrogen-bond acceptors (Lipinski definition) is 4. The van der Waals surface area contributed by atoms with Gasteiger partial charge in [-0.05, 0) is 42.3 Å². The highest BCUT2D eigenvalue weighted by atomic mass is 16.5. The van der Waals surface area contributed by atoms with Crippen LogP contribution in [0.15, 0.2) is 36.5 Å². The second-order valence-corrected chi connectivity index (χ2v) is 4.53. The SMILES string of the molecule is COc1cc(C)c(CNC(=O)c2ccccn2)cc1OC. The summed E-state index contributed by atoms with van der Waals surface area (Å²) in [5, 5.41) is 2.85. The number of nitrogens with zero attached hydrogens (tertiary/aromatic N) is 1. The first-order valence-corrected chi connectivity index (χ1v) is 6.56. The van der Waals surface area contributed by atoms with Gasteiger partial charge < -0.3 is 14.8 Å². The first-order chi connectivity index (χ1) is 10.2. The number of amides is 1. The Bertz CT molecular complexity index is 627. The van der Waals surface area contributed by atoms with Gasteiger partial charge in [-0.3, -0.25) is 9.78 Å². The van der Waals surface area contributed by atoms with Gasteiger partial charge in [0.1, 0.15) is 5.69 Å². The van der Waals surface area contributed by atoms with Crippen molar-refractivity contribution < 1.29 is 14.3 Å². The van der Waals surface area contributed by atoms with Gasteiger partial charge in [0, 0.05) is 12.7 Å². The average Bonchev–Trinajstić information content (AvgIpc) is 2.53. The number of pyridine rings is 1. The summed E-state index contributed by atoms with van der Waals surface area (Å²) in [6, 6.07) is 8.99. The number of nitrogens with one attached hydrogen (secondary N) is 1. The van der Waals surface area contributed by atoms with Crippen LogP contribution in [0.5, 0.6) is 11.5 Å². The summed E-state index contributed by atoms with van der Waals surface area (Å²) in [5.74, 6) is 1.12. The van der Waals surface area contributed by atoms with Gasteiger partial charge in [-0.2, -0.15) is 0 Å². The molecule has 0 saturated heterocycles. The number of aromatic nitrogens is 1. The molecule has 0 aliphatic rings. The quantitative estimate of drug-likeness (QED) is 0.916. The second-order valence-electron chi connectivity index (χ2n) is 4.53. The van der Waals surface area contributed by atoms with Crippen LogP contribution >= 0.6 is 0 Å². The van der Waals surface area contributed by atoms with Crippen molar-refractivity contribution in [2.45, 2.75) is 13.5 Å². The first-order valence-electron chi connectivity index (χ1n) is 6.56. The average molecular weight is 286 g/mol. The molecule has 1 N–H and O–H groups in total. The molecule has 0 aliphatic heterocycles. The predicted molar refractivity (Wildman–Crippen MR) is 79.7 cm³/mol. The fourth-order valence-corrected chi connectivity index (χ4v) is 1.98. The van der Waals surface area contributed by atoms with Crippen LogP contribution in [0.2, 0.25) is 0 Å². The van der Waals surface area contributed by atoms with Crippen molar-refractivity contribution in [2.24, 2.45) is 0 Å². The molecule has 5 heteroatoms. The molecule has 0 aliphatic carbocycles. The van der Waals surface area contributed by atoms with E-state index in [0.29, 0.717) is 23.7 Å². The van der Waals surface area contributed by atoms with Gasteiger partial charge in [-0.1, -0.05) is 6.07 Å². The maximum atomic E-state index is 12.0. The molecule has 0 fully saturated rings. The van der Waals surface area contributed by atoms with Gasteiger partial charge in [-0.15, -0.1) is 0 Å². The molecule has 21 heavy (non-hydrogen) atoms. The van der Waals surface area contributed by atoms with E-state index in [1.807, 2.05) is 19.1 Å². The maximum Gasteiger partial charge on any atom is 0.270 e. The first kappa shape index (κ1) is 14.8. The number of ether oxygens (including phenoxy) is 2. The zero-order valence-electron chi connectivity index (χ0n) is 12.3.